The third-order valence-electron chi connectivity index (χ3n) is 3.12. The molecule has 1 fully saturated rings. The molecule has 1 unspecified atom stereocenters. The maximum atomic E-state index is 12.4. The first-order valence-corrected chi connectivity index (χ1v) is 7.94. The van der Waals surface area contributed by atoms with Crippen molar-refractivity contribution >= 4 is 21.4 Å². The number of aromatic nitrogens is 1. The number of sulfonamides is 1. The fourth-order valence-corrected chi connectivity index (χ4v) is 5.46. The van der Waals surface area contributed by atoms with E-state index in [1.54, 1.807) is 11.2 Å². The van der Waals surface area contributed by atoms with Crippen LogP contribution in [0.3, 0.4) is 0 Å². The van der Waals surface area contributed by atoms with Crippen LogP contribution in [0, 0.1) is 6.92 Å². The third-order valence-corrected chi connectivity index (χ3v) is 6.65. The zero-order valence-electron chi connectivity index (χ0n) is 9.89. The minimum atomic E-state index is -3.49. The molecule has 1 aliphatic heterocycles. The first kappa shape index (κ1) is 12.8. The number of aryl methyl sites for hydroxylation is 1. The lowest BCUT2D eigenvalue weighted by Crippen LogP contribution is -2.35. The Bertz CT molecular complexity index is 558. The topological polar surface area (TPSA) is 70.2 Å². The van der Waals surface area contributed by atoms with E-state index in [4.69, 9.17) is 0 Å². The van der Waals surface area contributed by atoms with Gasteiger partial charge in [0, 0.05) is 18.3 Å². The molecule has 1 saturated heterocycles. The van der Waals surface area contributed by atoms with Crippen LogP contribution in [-0.2, 0) is 10.0 Å². The third kappa shape index (κ3) is 2.19. The summed E-state index contributed by atoms with van der Waals surface area (Å²) in [4.78, 5) is 13.4. The van der Waals surface area contributed by atoms with Crippen molar-refractivity contribution in [2.45, 2.75) is 43.4 Å². The lowest BCUT2D eigenvalue weighted by molar-refractivity contribution is 0.380. The van der Waals surface area contributed by atoms with Gasteiger partial charge in [-0.2, -0.15) is 4.31 Å². The summed E-state index contributed by atoms with van der Waals surface area (Å²) < 4.78 is 26.5. The Morgan fingerprint density at radius 3 is 2.76 bits per heavy atom. The molecule has 17 heavy (non-hydrogen) atoms. The summed E-state index contributed by atoms with van der Waals surface area (Å²) in [6.07, 6.45) is 2.63. The van der Waals surface area contributed by atoms with E-state index >= 15 is 0 Å². The second kappa shape index (κ2) is 4.55. The van der Waals surface area contributed by atoms with Crippen molar-refractivity contribution in [1.82, 2.24) is 9.29 Å². The van der Waals surface area contributed by atoms with Crippen molar-refractivity contribution in [3.63, 3.8) is 0 Å². The minimum Gasteiger partial charge on any atom is -0.315 e. The molecule has 0 saturated carbocycles. The largest absolute Gasteiger partial charge is 0.315 e. The summed E-state index contributed by atoms with van der Waals surface area (Å²) in [5.41, 5.74) is 0.446. The van der Waals surface area contributed by atoms with Crippen LogP contribution in [0.2, 0.25) is 0 Å². The van der Waals surface area contributed by atoms with Crippen molar-refractivity contribution < 1.29 is 8.42 Å². The van der Waals surface area contributed by atoms with Crippen LogP contribution >= 0.6 is 11.3 Å². The van der Waals surface area contributed by atoms with Crippen molar-refractivity contribution in [2.75, 3.05) is 6.54 Å². The van der Waals surface area contributed by atoms with E-state index in [1.165, 1.54) is 0 Å². The molecule has 0 radical (unpaired) electrons. The standard InChI is InChI=1S/C10H16N2O3S2/c1-3-8-5-4-6-12(8)17(14,15)9-7(2)11-10(13)16-9/h8H,3-6H2,1-2H3,(H,11,13). The lowest BCUT2D eigenvalue weighted by atomic mass is 10.2. The van der Waals surface area contributed by atoms with Crippen LogP contribution < -0.4 is 4.87 Å². The van der Waals surface area contributed by atoms with Crippen molar-refractivity contribution in [3.05, 3.63) is 15.4 Å². The number of nitrogens with one attached hydrogen (secondary N) is 1. The normalized spacial score (nSPS) is 22.1. The maximum Gasteiger partial charge on any atom is 0.305 e. The van der Waals surface area contributed by atoms with Gasteiger partial charge in [-0.05, 0) is 26.2 Å². The first-order valence-electron chi connectivity index (χ1n) is 5.68. The van der Waals surface area contributed by atoms with Crippen LogP contribution in [0.15, 0.2) is 9.00 Å². The smallest absolute Gasteiger partial charge is 0.305 e. The number of thiazole rings is 1. The SMILES string of the molecule is CCC1CCCN1S(=O)(=O)c1sc(=O)[nH]c1C. The zero-order chi connectivity index (χ0) is 12.6. The molecular weight excluding hydrogens is 260 g/mol. The van der Waals surface area contributed by atoms with Crippen LogP contribution in [0.5, 0.6) is 0 Å². The Balaban J connectivity index is 2.43. The van der Waals surface area contributed by atoms with Gasteiger partial charge in [-0.25, -0.2) is 8.42 Å². The fourth-order valence-electron chi connectivity index (χ4n) is 2.28. The summed E-state index contributed by atoms with van der Waals surface area (Å²) in [6.45, 7) is 4.18. The minimum absolute atomic E-state index is 0.0802. The van der Waals surface area contributed by atoms with Crippen LogP contribution in [0.1, 0.15) is 31.9 Å². The average molecular weight is 276 g/mol. The van der Waals surface area contributed by atoms with Crippen molar-refractivity contribution in [2.24, 2.45) is 0 Å². The molecular formula is C10H16N2O3S2. The Labute approximate surface area is 105 Å². The maximum absolute atomic E-state index is 12.4. The van der Waals surface area contributed by atoms with E-state index < -0.39 is 10.0 Å². The molecule has 1 atom stereocenters. The highest BCUT2D eigenvalue weighted by molar-refractivity contribution is 7.91. The molecule has 96 valence electrons. The predicted octanol–water partition coefficient (Wildman–Crippen LogP) is 1.31. The van der Waals surface area contributed by atoms with Crippen LogP contribution in [0.4, 0.5) is 0 Å². The quantitative estimate of drug-likeness (QED) is 0.905. The molecule has 0 bridgehead atoms. The monoisotopic (exact) mass is 276 g/mol. The summed E-state index contributed by atoms with van der Waals surface area (Å²) >= 11 is 0.780. The van der Waals surface area contributed by atoms with E-state index in [9.17, 15) is 13.2 Å². The summed E-state index contributed by atoms with van der Waals surface area (Å²) in [6, 6.07) is 0.0802. The molecule has 0 amide bonds. The van der Waals surface area contributed by atoms with Gasteiger partial charge in [0.1, 0.15) is 0 Å². The van der Waals surface area contributed by atoms with E-state index in [0.29, 0.717) is 12.2 Å². The van der Waals surface area contributed by atoms with E-state index in [1.807, 2.05) is 6.92 Å². The molecule has 1 N–H and O–H groups in total. The lowest BCUT2D eigenvalue weighted by Gasteiger charge is -2.22. The zero-order valence-corrected chi connectivity index (χ0v) is 11.5. The van der Waals surface area contributed by atoms with Crippen LogP contribution in [0.25, 0.3) is 0 Å². The van der Waals surface area contributed by atoms with Gasteiger partial charge in [-0.3, -0.25) is 4.79 Å². The van der Waals surface area contributed by atoms with Gasteiger partial charge in [0.2, 0.25) is 0 Å². The summed E-state index contributed by atoms with van der Waals surface area (Å²) in [5.74, 6) is 0. The summed E-state index contributed by atoms with van der Waals surface area (Å²) in [7, 11) is -3.49. The Morgan fingerprint density at radius 2 is 2.24 bits per heavy atom. The van der Waals surface area contributed by atoms with Gasteiger partial charge >= 0.3 is 4.87 Å². The number of hydrogen-bond acceptors (Lipinski definition) is 4. The number of nitrogens with zero attached hydrogens (tertiary/aromatic N) is 1. The molecule has 5 nitrogen and oxygen atoms in total. The number of hydrogen-bond donors (Lipinski definition) is 1. The Morgan fingerprint density at radius 1 is 1.53 bits per heavy atom. The van der Waals surface area contributed by atoms with Crippen molar-refractivity contribution in [3.8, 4) is 0 Å². The molecule has 1 aromatic rings. The van der Waals surface area contributed by atoms with Crippen LogP contribution in [-0.4, -0.2) is 30.3 Å². The van der Waals surface area contributed by atoms with Gasteiger partial charge in [-0.1, -0.05) is 18.3 Å². The first-order chi connectivity index (χ1) is 7.96. The average Bonchev–Trinajstić information content (AvgIpc) is 2.84. The van der Waals surface area contributed by atoms with E-state index in [2.05, 4.69) is 4.98 Å². The fraction of sp³-hybridized carbons (Fsp3) is 0.700. The highest BCUT2D eigenvalue weighted by Gasteiger charge is 2.36. The molecule has 2 rings (SSSR count). The van der Waals surface area contributed by atoms with Gasteiger partial charge in [0.05, 0.1) is 0 Å². The number of aromatic amines is 1. The van der Waals surface area contributed by atoms with Gasteiger partial charge in [0.25, 0.3) is 10.0 Å². The number of H-pyrrole nitrogens is 1. The summed E-state index contributed by atoms with van der Waals surface area (Å²) in [5, 5.41) is 0. The van der Waals surface area contributed by atoms with Crippen molar-refractivity contribution in [1.29, 1.82) is 0 Å². The second-order valence-corrected chi connectivity index (χ2v) is 7.32. The van der Waals surface area contributed by atoms with Gasteiger partial charge in [0.15, 0.2) is 4.21 Å². The molecule has 0 aromatic carbocycles. The van der Waals surface area contributed by atoms with E-state index in [0.717, 1.165) is 30.6 Å². The molecule has 1 aromatic heterocycles. The van der Waals surface area contributed by atoms with Gasteiger partial charge < -0.3 is 4.98 Å². The predicted molar refractivity (Wildman–Crippen MR) is 66.9 cm³/mol. The number of rotatable bonds is 3. The second-order valence-electron chi connectivity index (χ2n) is 4.25. The highest BCUT2D eigenvalue weighted by Crippen LogP contribution is 2.29. The molecule has 0 aliphatic carbocycles. The highest BCUT2D eigenvalue weighted by atomic mass is 32.2. The molecule has 2 heterocycles. The van der Waals surface area contributed by atoms with E-state index in [-0.39, 0.29) is 15.1 Å². The Hall–Kier alpha value is -0.660. The molecule has 1 aliphatic rings. The van der Waals surface area contributed by atoms with Gasteiger partial charge in [-0.15, -0.1) is 0 Å². The molecule has 0 spiro atoms. The molecule has 7 heteroatoms. The Kier molecular flexibility index (Phi) is 3.42.